The maximum Gasteiger partial charge on any atom is 0.114 e. The van der Waals surface area contributed by atoms with E-state index in [1.165, 1.54) is 0 Å². The van der Waals surface area contributed by atoms with Gasteiger partial charge in [0.05, 0.1) is 0 Å². The van der Waals surface area contributed by atoms with Gasteiger partial charge in [-0.25, -0.2) is 0 Å². The molecule has 0 saturated heterocycles. The summed E-state index contributed by atoms with van der Waals surface area (Å²) < 4.78 is 0. The van der Waals surface area contributed by atoms with Crippen molar-refractivity contribution >= 4 is 0 Å². The second-order valence-electron chi connectivity index (χ2n) is 3.31. The molecule has 0 spiro atoms. The van der Waals surface area contributed by atoms with Crippen LogP contribution in [-0.2, 0) is 5.60 Å². The van der Waals surface area contributed by atoms with E-state index in [2.05, 4.69) is 0 Å². The Morgan fingerprint density at radius 3 is 2.38 bits per heavy atom. The highest BCUT2D eigenvalue weighted by atomic mass is 16.3. The highest BCUT2D eigenvalue weighted by Gasteiger charge is 2.25. The Balaban J connectivity index is 3.05. The van der Waals surface area contributed by atoms with Crippen LogP contribution < -0.4 is 11.5 Å². The van der Waals surface area contributed by atoms with Crippen molar-refractivity contribution in [3.05, 3.63) is 35.4 Å². The molecule has 5 N–H and O–H groups in total. The third-order valence-corrected chi connectivity index (χ3v) is 2.23. The second kappa shape index (κ2) is 3.87. The average Bonchev–Trinajstić information content (AvgIpc) is 2.17. The number of nitrogens with two attached hydrogens (primary N) is 2. The predicted octanol–water partition coefficient (Wildman–Crippen LogP) is 0.100. The standard InChI is InChI=1S/C10H16N2O/c1-8-3-2-4-9(5-8)10(13,6-11)7-12/h2-5,13H,6-7,11-12H2,1H3. The summed E-state index contributed by atoms with van der Waals surface area (Å²) in [6, 6.07) is 7.60. The molecule has 0 heterocycles. The highest BCUT2D eigenvalue weighted by molar-refractivity contribution is 5.28. The van der Waals surface area contributed by atoms with Crippen molar-refractivity contribution in [2.45, 2.75) is 12.5 Å². The maximum absolute atomic E-state index is 9.97. The van der Waals surface area contributed by atoms with E-state index in [9.17, 15) is 5.11 Å². The van der Waals surface area contributed by atoms with E-state index in [0.717, 1.165) is 11.1 Å². The van der Waals surface area contributed by atoms with Crippen molar-refractivity contribution in [3.63, 3.8) is 0 Å². The van der Waals surface area contributed by atoms with Crippen LogP contribution in [0.4, 0.5) is 0 Å². The van der Waals surface area contributed by atoms with E-state index in [-0.39, 0.29) is 13.1 Å². The number of rotatable bonds is 3. The smallest absolute Gasteiger partial charge is 0.114 e. The minimum absolute atomic E-state index is 0.146. The number of hydrogen-bond acceptors (Lipinski definition) is 3. The summed E-state index contributed by atoms with van der Waals surface area (Å²) in [5.74, 6) is 0. The summed E-state index contributed by atoms with van der Waals surface area (Å²) in [6.45, 7) is 2.26. The Kier molecular flexibility index (Phi) is 3.03. The zero-order valence-corrected chi connectivity index (χ0v) is 7.83. The summed E-state index contributed by atoms with van der Waals surface area (Å²) in [6.07, 6.45) is 0. The first-order chi connectivity index (χ1) is 6.12. The van der Waals surface area contributed by atoms with Crippen LogP contribution in [0.15, 0.2) is 24.3 Å². The molecule has 0 aromatic heterocycles. The van der Waals surface area contributed by atoms with Crippen molar-refractivity contribution in [2.75, 3.05) is 13.1 Å². The van der Waals surface area contributed by atoms with Gasteiger partial charge in [0.25, 0.3) is 0 Å². The van der Waals surface area contributed by atoms with Crippen LogP contribution in [0.25, 0.3) is 0 Å². The second-order valence-corrected chi connectivity index (χ2v) is 3.31. The van der Waals surface area contributed by atoms with E-state index in [1.54, 1.807) is 0 Å². The largest absolute Gasteiger partial charge is 0.383 e. The molecular formula is C10H16N2O. The van der Waals surface area contributed by atoms with Crippen molar-refractivity contribution in [1.82, 2.24) is 0 Å². The SMILES string of the molecule is Cc1cccc(C(O)(CN)CN)c1. The molecule has 0 aliphatic heterocycles. The minimum Gasteiger partial charge on any atom is -0.383 e. The first-order valence-electron chi connectivity index (χ1n) is 4.32. The first kappa shape index (κ1) is 10.2. The molecule has 0 saturated carbocycles. The average molecular weight is 180 g/mol. The van der Waals surface area contributed by atoms with Crippen LogP contribution in [0.3, 0.4) is 0 Å². The van der Waals surface area contributed by atoms with E-state index in [4.69, 9.17) is 11.5 Å². The number of aryl methyl sites for hydroxylation is 1. The molecule has 0 unspecified atom stereocenters. The fraction of sp³-hybridized carbons (Fsp3) is 0.400. The van der Waals surface area contributed by atoms with Gasteiger partial charge in [0.1, 0.15) is 5.60 Å². The van der Waals surface area contributed by atoms with Gasteiger partial charge in [-0.15, -0.1) is 0 Å². The molecule has 1 rings (SSSR count). The van der Waals surface area contributed by atoms with Crippen LogP contribution in [0, 0.1) is 6.92 Å². The van der Waals surface area contributed by atoms with Gasteiger partial charge in [-0.3, -0.25) is 0 Å². The van der Waals surface area contributed by atoms with Crippen LogP contribution >= 0.6 is 0 Å². The van der Waals surface area contributed by atoms with Gasteiger partial charge < -0.3 is 16.6 Å². The molecule has 0 atom stereocenters. The molecule has 72 valence electrons. The highest BCUT2D eigenvalue weighted by Crippen LogP contribution is 2.19. The van der Waals surface area contributed by atoms with Gasteiger partial charge in [-0.1, -0.05) is 29.8 Å². The normalized spacial score (nSPS) is 11.7. The molecular weight excluding hydrogens is 164 g/mol. The Bertz CT molecular complexity index is 282. The summed E-state index contributed by atoms with van der Waals surface area (Å²) in [7, 11) is 0. The Labute approximate surface area is 78.4 Å². The Morgan fingerprint density at radius 2 is 1.92 bits per heavy atom. The molecule has 3 heteroatoms. The molecule has 1 aromatic rings. The number of aliphatic hydroxyl groups is 1. The van der Waals surface area contributed by atoms with Crippen LogP contribution in [-0.4, -0.2) is 18.2 Å². The monoisotopic (exact) mass is 180 g/mol. The van der Waals surface area contributed by atoms with Crippen LogP contribution in [0.2, 0.25) is 0 Å². The van der Waals surface area contributed by atoms with Gasteiger partial charge in [0.2, 0.25) is 0 Å². The molecule has 3 nitrogen and oxygen atoms in total. The summed E-state index contributed by atoms with van der Waals surface area (Å²) in [5.41, 5.74) is 11.7. The third kappa shape index (κ3) is 2.06. The van der Waals surface area contributed by atoms with Crippen molar-refractivity contribution in [1.29, 1.82) is 0 Å². The van der Waals surface area contributed by atoms with Crippen LogP contribution in [0.1, 0.15) is 11.1 Å². The third-order valence-electron chi connectivity index (χ3n) is 2.23. The zero-order chi connectivity index (χ0) is 9.90. The molecule has 1 aromatic carbocycles. The first-order valence-corrected chi connectivity index (χ1v) is 4.32. The van der Waals surface area contributed by atoms with Gasteiger partial charge >= 0.3 is 0 Å². The van der Waals surface area contributed by atoms with Crippen LogP contribution in [0.5, 0.6) is 0 Å². The lowest BCUT2D eigenvalue weighted by Crippen LogP contribution is -2.41. The topological polar surface area (TPSA) is 72.3 Å². The summed E-state index contributed by atoms with van der Waals surface area (Å²) in [5, 5.41) is 9.97. The van der Waals surface area contributed by atoms with Gasteiger partial charge in [0.15, 0.2) is 0 Å². The molecule has 0 aliphatic carbocycles. The molecule has 0 fully saturated rings. The quantitative estimate of drug-likeness (QED) is 0.617. The molecule has 0 bridgehead atoms. The predicted molar refractivity (Wildman–Crippen MR) is 53.2 cm³/mol. The zero-order valence-electron chi connectivity index (χ0n) is 7.83. The van der Waals surface area contributed by atoms with Crippen molar-refractivity contribution < 1.29 is 5.11 Å². The lowest BCUT2D eigenvalue weighted by Gasteiger charge is -2.25. The molecule has 0 radical (unpaired) electrons. The number of hydrogen-bond donors (Lipinski definition) is 3. The summed E-state index contributed by atoms with van der Waals surface area (Å²) >= 11 is 0. The van der Waals surface area contributed by atoms with Crippen molar-refractivity contribution in [3.8, 4) is 0 Å². The minimum atomic E-state index is -1.08. The fourth-order valence-electron chi connectivity index (χ4n) is 1.25. The van der Waals surface area contributed by atoms with E-state index < -0.39 is 5.60 Å². The van der Waals surface area contributed by atoms with Gasteiger partial charge in [-0.05, 0) is 12.5 Å². The molecule has 0 aliphatic rings. The lowest BCUT2D eigenvalue weighted by molar-refractivity contribution is 0.0553. The maximum atomic E-state index is 9.97. The van der Waals surface area contributed by atoms with Crippen molar-refractivity contribution in [2.24, 2.45) is 11.5 Å². The van der Waals surface area contributed by atoms with E-state index >= 15 is 0 Å². The Hall–Kier alpha value is -0.900. The number of benzene rings is 1. The Morgan fingerprint density at radius 1 is 1.31 bits per heavy atom. The van der Waals surface area contributed by atoms with Gasteiger partial charge in [0, 0.05) is 13.1 Å². The van der Waals surface area contributed by atoms with E-state index in [0.29, 0.717) is 0 Å². The fourth-order valence-corrected chi connectivity index (χ4v) is 1.25. The molecule has 13 heavy (non-hydrogen) atoms. The molecule has 0 amide bonds. The summed E-state index contributed by atoms with van der Waals surface area (Å²) in [4.78, 5) is 0. The van der Waals surface area contributed by atoms with E-state index in [1.807, 2.05) is 31.2 Å². The van der Waals surface area contributed by atoms with Gasteiger partial charge in [-0.2, -0.15) is 0 Å². The lowest BCUT2D eigenvalue weighted by atomic mass is 9.93.